The van der Waals surface area contributed by atoms with E-state index in [0.29, 0.717) is 40.2 Å². The number of benzene rings is 3. The van der Waals surface area contributed by atoms with Crippen LogP contribution in [-0.4, -0.2) is 188 Å². The van der Waals surface area contributed by atoms with E-state index in [1.807, 2.05) is 4.57 Å². The Balaban J connectivity index is 1.80. The van der Waals surface area contributed by atoms with Gasteiger partial charge in [-0.3, -0.25) is 9.59 Å². The molecule has 0 spiro atoms. The third-order valence-electron chi connectivity index (χ3n) is 14.9. The summed E-state index contributed by atoms with van der Waals surface area (Å²) in [6.07, 6.45) is -2.46. The first kappa shape index (κ1) is 53.2. The number of alkyl halides is 3. The van der Waals surface area contributed by atoms with E-state index in [1.165, 1.54) is 23.9 Å². The van der Waals surface area contributed by atoms with E-state index in [-0.39, 0.29) is 45.4 Å². The minimum absolute atomic E-state index is 0.0635. The highest BCUT2D eigenvalue weighted by atomic mass is 32.2. The Morgan fingerprint density at radius 3 is 1.57 bits per heavy atom. The molecular formula is C36H56B18F4N4O2S. The van der Waals surface area contributed by atoms with Crippen LogP contribution >= 0.6 is 11.8 Å². The fraction of sp³-hybridized carbons (Fsp3) is 0.361. The summed E-state index contributed by atoms with van der Waals surface area (Å²) in [6.45, 7) is 4.36. The van der Waals surface area contributed by atoms with Crippen LogP contribution in [0.15, 0.2) is 34.2 Å². The molecule has 29 heteroatoms. The smallest absolute Gasteiger partial charge is 0.357 e. The Kier molecular flexibility index (Phi) is 14.9. The van der Waals surface area contributed by atoms with E-state index in [4.69, 9.17) is 0 Å². The van der Waals surface area contributed by atoms with Crippen LogP contribution in [0, 0.1) is 5.82 Å². The van der Waals surface area contributed by atoms with Gasteiger partial charge in [0, 0.05) is 27.9 Å². The number of carbonyl (C=O) groups is 1. The zero-order valence-corrected chi connectivity index (χ0v) is 43.7. The Labute approximate surface area is 405 Å². The molecular weight excluding hydrogens is 823 g/mol. The molecule has 6 nitrogen and oxygen atoms in total. The molecule has 0 fully saturated rings. The third-order valence-corrected chi connectivity index (χ3v) is 16.0. The van der Waals surface area contributed by atoms with Gasteiger partial charge < -0.3 is 14.4 Å². The van der Waals surface area contributed by atoms with Crippen molar-refractivity contribution in [2.45, 2.75) is 83.4 Å². The van der Waals surface area contributed by atoms with Crippen molar-refractivity contribution in [1.82, 2.24) is 19.4 Å². The number of thioether (sulfide) groups is 1. The second kappa shape index (κ2) is 18.3. The quantitative estimate of drug-likeness (QED) is 0.0579. The molecule has 0 atom stereocenters. The molecule has 0 saturated heterocycles. The minimum Gasteiger partial charge on any atom is -0.357 e. The van der Waals surface area contributed by atoms with Gasteiger partial charge >= 0.3 is 6.18 Å². The fourth-order valence-corrected chi connectivity index (χ4v) is 13.1. The first-order valence-corrected chi connectivity index (χ1v) is 23.9. The van der Waals surface area contributed by atoms with Crippen molar-refractivity contribution in [3.63, 3.8) is 0 Å². The van der Waals surface area contributed by atoms with E-state index >= 15 is 4.79 Å². The summed E-state index contributed by atoms with van der Waals surface area (Å²) in [5.74, 6) is -0.0419. The fourth-order valence-electron chi connectivity index (χ4n) is 12.2. The summed E-state index contributed by atoms with van der Waals surface area (Å²) in [5, 5.41) is -2.69. The number of amides is 1. The Bertz CT molecular complexity index is 2550. The summed E-state index contributed by atoms with van der Waals surface area (Å²) < 4.78 is 59.2. The summed E-state index contributed by atoms with van der Waals surface area (Å²) in [6, 6.07) is 6.27. The molecule has 4 aromatic rings. The number of fused-ring (bicyclic) bond motifs is 1. The molecule has 65 heavy (non-hydrogen) atoms. The number of carbonyl (C=O) groups excluding carboxylic acids is 1. The lowest BCUT2D eigenvalue weighted by Gasteiger charge is -2.66. The second-order valence-electron chi connectivity index (χ2n) is 22.1. The average molecular weight is 880 g/mol. The molecule has 1 aromatic heterocycles. The van der Waals surface area contributed by atoms with Gasteiger partial charge in [-0.15, -0.1) is 0 Å². The maximum atomic E-state index is 16.1. The Hall–Kier alpha value is -2.79. The van der Waals surface area contributed by atoms with Crippen molar-refractivity contribution >= 4 is 203 Å². The molecule has 0 N–H and O–H groups in total. The lowest BCUT2D eigenvalue weighted by Crippen LogP contribution is -2.83. The molecule has 0 unspecified atom stereocenters. The number of nitrogens with zero attached hydrogens (tertiary/aromatic N) is 4. The van der Waals surface area contributed by atoms with E-state index in [0.717, 1.165) is 56.2 Å². The number of rotatable bonds is 13. The molecule has 5 rings (SSSR count). The molecule has 1 aliphatic rings. The summed E-state index contributed by atoms with van der Waals surface area (Å²) in [5.41, 5.74) is 9.77. The van der Waals surface area contributed by atoms with Gasteiger partial charge in [0.05, 0.1) is 0 Å². The monoisotopic (exact) mass is 883 g/mol. The molecule has 320 valence electrons. The number of hydrogen-bond acceptors (Lipinski definition) is 5. The Morgan fingerprint density at radius 2 is 1.14 bits per heavy atom. The first-order chi connectivity index (χ1) is 29.5. The molecule has 1 amide bonds. The molecule has 0 bridgehead atoms. The van der Waals surface area contributed by atoms with Crippen LogP contribution in [0.2, 0.25) is 0 Å². The van der Waals surface area contributed by atoms with Gasteiger partial charge in [0.15, 0.2) is 5.16 Å². The summed E-state index contributed by atoms with van der Waals surface area (Å²) >= 11 is 1.37. The van der Waals surface area contributed by atoms with Gasteiger partial charge in [0.1, 0.15) is 154 Å². The predicted molar refractivity (Wildman–Crippen MR) is 317 cm³/mol. The van der Waals surface area contributed by atoms with Gasteiger partial charge in [-0.25, -0.2) is 4.39 Å². The van der Waals surface area contributed by atoms with Gasteiger partial charge in [-0.1, -0.05) is 87.0 Å². The van der Waals surface area contributed by atoms with E-state index < -0.39 is 27.8 Å². The maximum Gasteiger partial charge on any atom is 0.415 e. The highest BCUT2D eigenvalue weighted by Gasteiger charge is 2.55. The SMILES string of the molecule is Bc1c(B)c(C(F)(F)F)c(B)c(B)c1-c1c(B)c(B)c(C(B)(B)N(C(=O)Cn2c(SCc3ccc(F)cc3)nc(=O)c3c2CCC3)C(B)(B)C(B)(B)N(C(B)(B)C)C(B)(B)C)c(B)c1B. The molecule has 1 heterocycles. The van der Waals surface area contributed by atoms with E-state index in [1.54, 1.807) is 43.5 Å². The lowest BCUT2D eigenvalue weighted by molar-refractivity contribution is -0.138. The van der Waals surface area contributed by atoms with Gasteiger partial charge in [0.25, 0.3) is 5.56 Å². The highest BCUT2D eigenvalue weighted by Crippen LogP contribution is 2.38. The molecule has 0 radical (unpaired) electrons. The van der Waals surface area contributed by atoms with Gasteiger partial charge in [-0.2, -0.15) is 18.2 Å². The van der Waals surface area contributed by atoms with Crippen LogP contribution in [0.25, 0.3) is 11.1 Å². The first-order valence-electron chi connectivity index (χ1n) is 22.9. The van der Waals surface area contributed by atoms with Crippen LogP contribution in [0.1, 0.15) is 48.2 Å². The van der Waals surface area contributed by atoms with Crippen molar-refractivity contribution in [3.8, 4) is 11.1 Å². The Morgan fingerprint density at radius 1 is 0.692 bits per heavy atom. The predicted octanol–water partition coefficient (Wildman–Crippen LogP) is -17.2. The molecule has 0 saturated carbocycles. The van der Waals surface area contributed by atoms with E-state index in [2.05, 4.69) is 138 Å². The maximum absolute atomic E-state index is 16.1. The van der Waals surface area contributed by atoms with Gasteiger partial charge in [-0.05, 0) is 69.4 Å². The van der Waals surface area contributed by atoms with Crippen LogP contribution in [0.5, 0.6) is 0 Å². The number of halogens is 4. The number of hydrogen-bond donors (Lipinski definition) is 0. The van der Waals surface area contributed by atoms with E-state index in [9.17, 15) is 22.4 Å². The normalized spacial score (nSPS) is 13.8. The standard InChI is InChI=1S/C36H56B18F4N4O2S/c1-31(45,46)62(32(2,47)48)36(53,54)35(51,52)61(16(63)10-60-15-5-3-4-14(15)29(64)59-30(60)65-11-12-6-8-13(55)9-7-12)33(49,50)19-25(41)21(37)17(22(38)26(19)42)18-23(39)27(43)20(34(56,57)58)28(44)24(18)40/h6-9H,3-5,10-11,37-54H2,1-2H3. The zero-order valence-electron chi connectivity index (χ0n) is 42.9. The average Bonchev–Trinajstić information content (AvgIpc) is 3.64. The molecule has 1 aliphatic carbocycles. The van der Waals surface area contributed by atoms with Crippen LogP contribution in [0.3, 0.4) is 0 Å². The minimum atomic E-state index is -4.48. The third kappa shape index (κ3) is 9.64. The molecule has 0 aliphatic heterocycles. The van der Waals surface area contributed by atoms with Crippen LogP contribution in [-0.2, 0) is 41.4 Å². The highest BCUT2D eigenvalue weighted by molar-refractivity contribution is 7.98. The summed E-state index contributed by atoms with van der Waals surface area (Å²) in [4.78, 5) is 38.8. The molecule has 3 aromatic carbocycles. The second-order valence-corrected chi connectivity index (χ2v) is 23.0. The summed E-state index contributed by atoms with van der Waals surface area (Å²) in [7, 11) is 36.9. The van der Waals surface area contributed by atoms with Crippen molar-refractivity contribution in [2.75, 3.05) is 0 Å². The lowest BCUT2D eigenvalue weighted by atomic mass is 9.32. The van der Waals surface area contributed by atoms with Crippen molar-refractivity contribution < 1.29 is 22.4 Å². The van der Waals surface area contributed by atoms with Crippen LogP contribution in [0.4, 0.5) is 17.6 Å². The van der Waals surface area contributed by atoms with Crippen LogP contribution < -0.4 is 49.3 Å². The van der Waals surface area contributed by atoms with Crippen molar-refractivity contribution in [1.29, 1.82) is 0 Å². The zero-order chi connectivity index (χ0) is 49.5. The van der Waals surface area contributed by atoms with Gasteiger partial charge in [0.2, 0.25) is 5.91 Å². The van der Waals surface area contributed by atoms with Crippen molar-refractivity contribution in [3.05, 3.63) is 68.4 Å². The topological polar surface area (TPSA) is 58.4 Å². The van der Waals surface area contributed by atoms with Crippen molar-refractivity contribution in [2.24, 2.45) is 0 Å². The largest absolute Gasteiger partial charge is 0.415 e. The number of aromatic nitrogens is 2.